The van der Waals surface area contributed by atoms with Crippen molar-refractivity contribution in [2.45, 2.75) is 6.54 Å². The number of rotatable bonds is 3. The first kappa shape index (κ1) is 12.3. The predicted molar refractivity (Wildman–Crippen MR) is 74.6 cm³/mol. The van der Waals surface area contributed by atoms with Crippen LogP contribution in [0.4, 0.5) is 16.2 Å². The molecule has 20 heavy (non-hydrogen) atoms. The number of anilines is 2. The van der Waals surface area contributed by atoms with Gasteiger partial charge >= 0.3 is 0 Å². The molecule has 0 aliphatic carbocycles. The average Bonchev–Trinajstić information content (AvgIpc) is 2.85. The molecule has 0 aliphatic rings. The molecule has 0 radical (unpaired) electrons. The van der Waals surface area contributed by atoms with Gasteiger partial charge in [-0.15, -0.1) is 0 Å². The first-order chi connectivity index (χ1) is 9.63. The van der Waals surface area contributed by atoms with Gasteiger partial charge in [0, 0.05) is 13.6 Å². The second-order valence-corrected chi connectivity index (χ2v) is 4.52. The summed E-state index contributed by atoms with van der Waals surface area (Å²) in [5, 5.41) is 7.47. The van der Waals surface area contributed by atoms with Crippen molar-refractivity contribution in [3.05, 3.63) is 41.8 Å². The third-order valence-corrected chi connectivity index (χ3v) is 2.98. The summed E-state index contributed by atoms with van der Waals surface area (Å²) < 4.78 is 13.2. The zero-order valence-electron chi connectivity index (χ0n) is 10.8. The van der Waals surface area contributed by atoms with Crippen LogP contribution in [0.5, 0.6) is 0 Å². The van der Waals surface area contributed by atoms with Crippen LogP contribution in [-0.2, 0) is 6.54 Å². The van der Waals surface area contributed by atoms with E-state index in [1.165, 1.54) is 12.1 Å². The van der Waals surface area contributed by atoms with E-state index in [2.05, 4.69) is 20.2 Å². The van der Waals surface area contributed by atoms with E-state index < -0.39 is 0 Å². The van der Waals surface area contributed by atoms with Crippen LogP contribution in [0.3, 0.4) is 0 Å². The van der Waals surface area contributed by atoms with E-state index in [1.54, 1.807) is 12.3 Å². The van der Waals surface area contributed by atoms with Gasteiger partial charge in [-0.2, -0.15) is 15.1 Å². The number of fused-ring (bicyclic) bond motifs is 1. The number of nitrogen functional groups attached to an aromatic ring is 1. The third-order valence-electron chi connectivity index (χ3n) is 2.98. The molecule has 2 aromatic heterocycles. The van der Waals surface area contributed by atoms with Crippen molar-refractivity contribution >= 4 is 22.8 Å². The highest BCUT2D eigenvalue weighted by molar-refractivity contribution is 5.87. The summed E-state index contributed by atoms with van der Waals surface area (Å²) in [6.07, 6.45) is 1.65. The molecule has 3 rings (SSSR count). The van der Waals surface area contributed by atoms with Gasteiger partial charge in [0.2, 0.25) is 5.95 Å². The number of hydrogen-bond donors (Lipinski definition) is 2. The Hall–Kier alpha value is -2.70. The number of aromatic amines is 1. The minimum atomic E-state index is -0.258. The number of nitrogens with zero attached hydrogens (tertiary/aromatic N) is 4. The third kappa shape index (κ3) is 2.25. The van der Waals surface area contributed by atoms with Gasteiger partial charge < -0.3 is 10.6 Å². The summed E-state index contributed by atoms with van der Waals surface area (Å²) in [6.45, 7) is 0.508. The van der Waals surface area contributed by atoms with E-state index in [9.17, 15) is 4.39 Å². The highest BCUT2D eigenvalue weighted by Crippen LogP contribution is 2.23. The molecule has 2 heterocycles. The van der Waals surface area contributed by atoms with Crippen molar-refractivity contribution in [3.63, 3.8) is 0 Å². The molecule has 0 spiro atoms. The smallest absolute Gasteiger partial charge is 0.224 e. The Morgan fingerprint density at radius 3 is 3.00 bits per heavy atom. The van der Waals surface area contributed by atoms with E-state index in [4.69, 9.17) is 5.73 Å². The van der Waals surface area contributed by atoms with Crippen molar-refractivity contribution in [2.24, 2.45) is 0 Å². The van der Waals surface area contributed by atoms with Crippen molar-refractivity contribution in [2.75, 3.05) is 17.7 Å². The number of hydrogen-bond acceptors (Lipinski definition) is 5. The Labute approximate surface area is 114 Å². The molecule has 0 amide bonds. The van der Waals surface area contributed by atoms with Gasteiger partial charge in [0.15, 0.2) is 5.65 Å². The van der Waals surface area contributed by atoms with Crippen LogP contribution >= 0.6 is 0 Å². The molecule has 7 heteroatoms. The fourth-order valence-corrected chi connectivity index (χ4v) is 2.11. The number of halogens is 1. The number of nitrogens with one attached hydrogen (secondary N) is 1. The van der Waals surface area contributed by atoms with Crippen LogP contribution in [0.1, 0.15) is 5.56 Å². The molecule has 0 bridgehead atoms. The Kier molecular flexibility index (Phi) is 2.94. The molecule has 0 aliphatic heterocycles. The molecule has 0 saturated heterocycles. The monoisotopic (exact) mass is 272 g/mol. The lowest BCUT2D eigenvalue weighted by molar-refractivity contribution is 0.625. The lowest BCUT2D eigenvalue weighted by Crippen LogP contribution is -2.19. The van der Waals surface area contributed by atoms with Gasteiger partial charge in [-0.1, -0.05) is 12.1 Å². The van der Waals surface area contributed by atoms with Crippen molar-refractivity contribution in [3.8, 4) is 0 Å². The summed E-state index contributed by atoms with van der Waals surface area (Å²) in [6, 6.07) is 6.45. The van der Waals surface area contributed by atoms with Crippen LogP contribution in [0.25, 0.3) is 11.0 Å². The largest absolute Gasteiger partial charge is 0.368 e. The van der Waals surface area contributed by atoms with Crippen molar-refractivity contribution in [1.29, 1.82) is 0 Å². The van der Waals surface area contributed by atoms with Crippen molar-refractivity contribution in [1.82, 2.24) is 20.2 Å². The van der Waals surface area contributed by atoms with Gasteiger partial charge in [-0.25, -0.2) is 4.39 Å². The highest BCUT2D eigenvalue weighted by Gasteiger charge is 2.12. The maximum absolute atomic E-state index is 13.2. The molecule has 3 aromatic rings. The second kappa shape index (κ2) is 4.76. The van der Waals surface area contributed by atoms with Gasteiger partial charge in [0.05, 0.1) is 11.6 Å². The topological polar surface area (TPSA) is 83.7 Å². The van der Waals surface area contributed by atoms with Crippen molar-refractivity contribution < 1.29 is 4.39 Å². The molecule has 0 saturated carbocycles. The minimum absolute atomic E-state index is 0.169. The van der Waals surface area contributed by atoms with Crippen LogP contribution < -0.4 is 10.6 Å². The summed E-state index contributed by atoms with van der Waals surface area (Å²) in [5.74, 6) is 0.569. The Bertz CT molecular complexity index is 753. The maximum atomic E-state index is 13.2. The number of benzene rings is 1. The lowest BCUT2D eigenvalue weighted by Gasteiger charge is -2.19. The van der Waals surface area contributed by atoms with Gasteiger partial charge in [-0.3, -0.25) is 5.10 Å². The first-order valence-corrected chi connectivity index (χ1v) is 6.05. The summed E-state index contributed by atoms with van der Waals surface area (Å²) in [7, 11) is 1.86. The predicted octanol–water partition coefficient (Wildman–Crippen LogP) is 1.71. The number of aromatic nitrogens is 4. The Balaban J connectivity index is 1.96. The standard InChI is InChI=1S/C13H13FN6/c1-20(7-8-3-2-4-9(14)5-8)12-10-6-16-19-11(10)17-13(15)18-12/h2-6H,7H2,1H3,(H3,15,16,17,18,19). The zero-order valence-corrected chi connectivity index (χ0v) is 10.8. The zero-order chi connectivity index (χ0) is 14.1. The van der Waals surface area contributed by atoms with Crippen LogP contribution in [0.15, 0.2) is 30.5 Å². The fourth-order valence-electron chi connectivity index (χ4n) is 2.11. The first-order valence-electron chi connectivity index (χ1n) is 6.05. The summed E-state index contributed by atoms with van der Waals surface area (Å²) >= 11 is 0. The Morgan fingerprint density at radius 1 is 1.35 bits per heavy atom. The van der Waals surface area contributed by atoms with E-state index in [0.717, 1.165) is 10.9 Å². The minimum Gasteiger partial charge on any atom is -0.368 e. The van der Waals surface area contributed by atoms with Crippen LogP contribution in [0, 0.1) is 5.82 Å². The second-order valence-electron chi connectivity index (χ2n) is 4.52. The molecule has 0 fully saturated rings. The van der Waals surface area contributed by atoms with E-state index in [0.29, 0.717) is 18.0 Å². The normalized spacial score (nSPS) is 10.9. The van der Waals surface area contributed by atoms with Crippen LogP contribution in [-0.4, -0.2) is 27.2 Å². The molecule has 1 aromatic carbocycles. The quantitative estimate of drug-likeness (QED) is 0.758. The summed E-state index contributed by atoms with van der Waals surface area (Å²) in [4.78, 5) is 10.2. The summed E-state index contributed by atoms with van der Waals surface area (Å²) in [5.41, 5.74) is 7.11. The molecule has 3 N–H and O–H groups in total. The van der Waals surface area contributed by atoms with Gasteiger partial charge in [-0.05, 0) is 17.7 Å². The van der Waals surface area contributed by atoms with Gasteiger partial charge in [0.1, 0.15) is 11.6 Å². The lowest BCUT2D eigenvalue weighted by atomic mass is 10.2. The molecule has 0 unspecified atom stereocenters. The Morgan fingerprint density at radius 2 is 2.20 bits per heavy atom. The van der Waals surface area contributed by atoms with E-state index >= 15 is 0 Å². The molecular weight excluding hydrogens is 259 g/mol. The fraction of sp³-hybridized carbons (Fsp3) is 0.154. The SMILES string of the molecule is CN(Cc1cccc(F)c1)c1nc(N)nc2[nH]ncc12. The average molecular weight is 272 g/mol. The molecular formula is C13H13FN6. The number of nitrogens with two attached hydrogens (primary N) is 1. The van der Waals surface area contributed by atoms with Gasteiger partial charge in [0.25, 0.3) is 0 Å². The number of H-pyrrole nitrogens is 1. The van der Waals surface area contributed by atoms with E-state index in [-0.39, 0.29) is 11.8 Å². The highest BCUT2D eigenvalue weighted by atomic mass is 19.1. The van der Waals surface area contributed by atoms with Crippen LogP contribution in [0.2, 0.25) is 0 Å². The maximum Gasteiger partial charge on any atom is 0.224 e. The molecule has 102 valence electrons. The molecule has 0 atom stereocenters. The van der Waals surface area contributed by atoms with E-state index in [1.807, 2.05) is 18.0 Å². The molecule has 6 nitrogen and oxygen atoms in total.